The lowest BCUT2D eigenvalue weighted by molar-refractivity contribution is 0.885. The third kappa shape index (κ3) is 3.70. The van der Waals surface area contributed by atoms with Crippen molar-refractivity contribution in [2.45, 2.75) is 0 Å². The monoisotopic (exact) mass is 429 g/mol. The van der Waals surface area contributed by atoms with Crippen LogP contribution in [0, 0.1) is 0 Å². The molecule has 0 aliphatic rings. The van der Waals surface area contributed by atoms with E-state index in [4.69, 9.17) is 16.7 Å². The van der Waals surface area contributed by atoms with Gasteiger partial charge in [0, 0.05) is 28.4 Å². The highest BCUT2D eigenvalue weighted by Gasteiger charge is 2.12. The van der Waals surface area contributed by atoms with E-state index in [-0.39, 0.29) is 0 Å². The van der Waals surface area contributed by atoms with Crippen molar-refractivity contribution in [3.63, 3.8) is 0 Å². The summed E-state index contributed by atoms with van der Waals surface area (Å²) in [6.45, 7) is 0. The van der Waals surface area contributed by atoms with Gasteiger partial charge in [0.25, 0.3) is 0 Å². The minimum absolute atomic E-state index is 0.657. The van der Waals surface area contributed by atoms with Crippen LogP contribution in [-0.4, -0.2) is 21.0 Å². The lowest BCUT2D eigenvalue weighted by Crippen LogP contribution is -1.93. The average molecular weight is 430 g/mol. The first kappa shape index (κ1) is 18.5. The highest BCUT2D eigenvalue weighted by molar-refractivity contribution is 7.13. The molecule has 0 bridgehead atoms. The van der Waals surface area contributed by atoms with E-state index >= 15 is 0 Å². The molecule has 0 aliphatic heterocycles. The van der Waals surface area contributed by atoms with Crippen molar-refractivity contribution in [2.24, 2.45) is 5.10 Å². The minimum atomic E-state index is 0.657. The summed E-state index contributed by atoms with van der Waals surface area (Å²) < 4.78 is 1.88. The topological polar surface area (TPSA) is 55.1 Å². The minimum Gasteiger partial charge on any atom is -0.278 e. The second-order valence-electron chi connectivity index (χ2n) is 6.58. The fraction of sp³-hybridized carbons (Fsp3) is 0. The number of anilines is 1. The molecule has 7 heteroatoms. The molecule has 5 rings (SSSR count). The molecule has 30 heavy (non-hydrogen) atoms. The largest absolute Gasteiger partial charge is 0.278 e. The van der Waals surface area contributed by atoms with Crippen molar-refractivity contribution in [3.8, 4) is 16.3 Å². The van der Waals surface area contributed by atoms with Crippen LogP contribution in [-0.2, 0) is 0 Å². The number of benzene rings is 2. The fourth-order valence-corrected chi connectivity index (χ4v) is 4.09. The Kier molecular flexibility index (Phi) is 5.01. The zero-order valence-corrected chi connectivity index (χ0v) is 17.3. The lowest BCUT2D eigenvalue weighted by Gasteiger charge is -2.05. The van der Waals surface area contributed by atoms with Gasteiger partial charge in [-0.15, -0.1) is 11.3 Å². The van der Waals surface area contributed by atoms with E-state index in [1.165, 1.54) is 0 Å². The number of nitrogens with one attached hydrogen (secondary N) is 1. The van der Waals surface area contributed by atoms with Crippen molar-refractivity contribution < 1.29 is 0 Å². The summed E-state index contributed by atoms with van der Waals surface area (Å²) in [5.74, 6) is 0. The molecule has 3 aromatic heterocycles. The number of thiophene rings is 1. The number of nitrogens with zero attached hydrogens (tertiary/aromatic N) is 4. The summed E-state index contributed by atoms with van der Waals surface area (Å²) in [4.78, 5) is 5.46. The van der Waals surface area contributed by atoms with Gasteiger partial charge in [-0.1, -0.05) is 35.9 Å². The maximum absolute atomic E-state index is 6.08. The van der Waals surface area contributed by atoms with Crippen LogP contribution >= 0.6 is 22.9 Å². The van der Waals surface area contributed by atoms with Crippen LogP contribution in [0.1, 0.15) is 5.56 Å². The average Bonchev–Trinajstić information content (AvgIpc) is 3.44. The van der Waals surface area contributed by atoms with E-state index < -0.39 is 0 Å². The van der Waals surface area contributed by atoms with E-state index in [0.717, 1.165) is 38.4 Å². The summed E-state index contributed by atoms with van der Waals surface area (Å²) >= 11 is 7.73. The smallest absolute Gasteiger partial charge is 0.112 e. The standard InChI is InChI=1S/C23H16ClN5S/c24-17-8-9-19-20(10-11-25-21(19)13-17)27-26-14-16-15-29(18-5-2-1-3-6-18)28-23(16)22-7-4-12-30-22/h1-15H,(H,25,27)/b26-14+. The highest BCUT2D eigenvalue weighted by Crippen LogP contribution is 2.27. The molecule has 0 saturated heterocycles. The maximum Gasteiger partial charge on any atom is 0.112 e. The van der Waals surface area contributed by atoms with Crippen LogP contribution in [0.4, 0.5) is 5.69 Å². The molecule has 0 amide bonds. The molecule has 2 aromatic carbocycles. The van der Waals surface area contributed by atoms with Crippen LogP contribution in [0.25, 0.3) is 27.2 Å². The van der Waals surface area contributed by atoms with Gasteiger partial charge in [0.2, 0.25) is 0 Å². The zero-order chi connectivity index (χ0) is 20.3. The molecule has 0 radical (unpaired) electrons. The Balaban J connectivity index is 1.48. The van der Waals surface area contributed by atoms with Gasteiger partial charge in [0.15, 0.2) is 0 Å². The summed E-state index contributed by atoms with van der Waals surface area (Å²) in [7, 11) is 0. The van der Waals surface area contributed by atoms with Gasteiger partial charge in [-0.3, -0.25) is 10.4 Å². The van der Waals surface area contributed by atoms with Gasteiger partial charge in [-0.05, 0) is 47.8 Å². The first-order valence-electron chi connectivity index (χ1n) is 9.30. The van der Waals surface area contributed by atoms with Crippen LogP contribution in [0.5, 0.6) is 0 Å². The molecule has 0 spiro atoms. The van der Waals surface area contributed by atoms with Crippen molar-refractivity contribution in [1.29, 1.82) is 0 Å². The molecular formula is C23H16ClN5S. The Morgan fingerprint density at radius 3 is 2.77 bits per heavy atom. The number of rotatable bonds is 5. The van der Waals surface area contributed by atoms with E-state index in [2.05, 4.69) is 21.6 Å². The van der Waals surface area contributed by atoms with E-state index in [1.807, 2.05) is 76.9 Å². The van der Waals surface area contributed by atoms with Crippen LogP contribution in [0.15, 0.2) is 89.6 Å². The molecule has 0 unspecified atom stereocenters. The lowest BCUT2D eigenvalue weighted by atomic mass is 10.2. The van der Waals surface area contributed by atoms with Crippen LogP contribution in [0.3, 0.4) is 0 Å². The van der Waals surface area contributed by atoms with Crippen LogP contribution < -0.4 is 5.43 Å². The predicted octanol–water partition coefficient (Wildman–Crippen LogP) is 6.25. The summed E-state index contributed by atoms with van der Waals surface area (Å²) in [6, 6.07) is 21.6. The fourth-order valence-electron chi connectivity index (χ4n) is 3.19. The van der Waals surface area contributed by atoms with Crippen molar-refractivity contribution in [2.75, 3.05) is 5.43 Å². The normalized spacial score (nSPS) is 11.4. The van der Waals surface area contributed by atoms with E-state index in [0.29, 0.717) is 5.02 Å². The number of pyridine rings is 1. The van der Waals surface area contributed by atoms with E-state index in [9.17, 15) is 0 Å². The first-order valence-corrected chi connectivity index (χ1v) is 10.6. The quantitative estimate of drug-likeness (QED) is 0.265. The molecule has 0 aliphatic carbocycles. The molecular weight excluding hydrogens is 414 g/mol. The van der Waals surface area contributed by atoms with Gasteiger partial charge in [0.1, 0.15) is 5.69 Å². The third-order valence-electron chi connectivity index (χ3n) is 4.61. The Hall–Kier alpha value is -3.48. The number of hydrogen-bond acceptors (Lipinski definition) is 5. The molecule has 0 saturated carbocycles. The molecule has 5 aromatic rings. The third-order valence-corrected chi connectivity index (χ3v) is 5.72. The van der Waals surface area contributed by atoms with Gasteiger partial charge in [0.05, 0.1) is 28.0 Å². The number of halogens is 1. The van der Waals surface area contributed by atoms with Gasteiger partial charge >= 0.3 is 0 Å². The van der Waals surface area contributed by atoms with Gasteiger partial charge in [-0.2, -0.15) is 10.2 Å². The molecule has 0 fully saturated rings. The number of hydrazone groups is 1. The second kappa shape index (κ2) is 8.10. The SMILES string of the molecule is Clc1ccc2c(N/N=C/c3cn(-c4ccccc4)nc3-c3cccs3)ccnc2c1. The van der Waals surface area contributed by atoms with Crippen molar-refractivity contribution >= 4 is 45.7 Å². The Bertz CT molecular complexity index is 1330. The predicted molar refractivity (Wildman–Crippen MR) is 125 cm³/mol. The highest BCUT2D eigenvalue weighted by atomic mass is 35.5. The zero-order valence-electron chi connectivity index (χ0n) is 15.7. The molecule has 5 nitrogen and oxygen atoms in total. The van der Waals surface area contributed by atoms with Crippen molar-refractivity contribution in [3.05, 3.63) is 95.1 Å². The summed E-state index contributed by atoms with van der Waals surface area (Å²) in [6.07, 6.45) is 5.52. The Labute approximate surface area is 182 Å². The molecule has 3 heterocycles. The molecule has 1 N–H and O–H groups in total. The summed E-state index contributed by atoms with van der Waals surface area (Å²) in [5, 5.41) is 12.9. The van der Waals surface area contributed by atoms with Gasteiger partial charge in [-0.25, -0.2) is 4.68 Å². The molecule has 0 atom stereocenters. The maximum atomic E-state index is 6.08. The number of fused-ring (bicyclic) bond motifs is 1. The second-order valence-corrected chi connectivity index (χ2v) is 7.96. The van der Waals surface area contributed by atoms with Gasteiger partial charge < -0.3 is 0 Å². The number of aromatic nitrogens is 3. The van der Waals surface area contributed by atoms with Crippen molar-refractivity contribution in [1.82, 2.24) is 14.8 Å². The van der Waals surface area contributed by atoms with Crippen LogP contribution in [0.2, 0.25) is 5.02 Å². The number of hydrogen-bond donors (Lipinski definition) is 1. The Morgan fingerprint density at radius 1 is 1.03 bits per heavy atom. The van der Waals surface area contributed by atoms with E-state index in [1.54, 1.807) is 23.7 Å². The summed E-state index contributed by atoms with van der Waals surface area (Å²) in [5.41, 5.74) is 7.63. The molecule has 146 valence electrons. The Morgan fingerprint density at radius 2 is 1.93 bits per heavy atom. The first-order chi connectivity index (χ1) is 14.8. The number of para-hydroxylation sites is 1.